The van der Waals surface area contributed by atoms with E-state index in [1.807, 2.05) is 0 Å². The Morgan fingerprint density at radius 2 is 1.86 bits per heavy atom. The molecule has 0 saturated heterocycles. The molecule has 1 atom stereocenters. The minimum absolute atomic E-state index is 0.0378. The number of methoxy groups -OCH3 is 2. The Balaban J connectivity index is 1.85. The van der Waals surface area contributed by atoms with E-state index in [0.29, 0.717) is 33.3 Å². The maximum Gasteiger partial charge on any atom is 0.408 e. The van der Waals surface area contributed by atoms with Crippen LogP contribution in [0.1, 0.15) is 47.1 Å². The Kier molecular flexibility index (Phi) is 9.63. The molecule has 0 fully saturated rings. The van der Waals surface area contributed by atoms with Crippen LogP contribution in [-0.4, -0.2) is 86.6 Å². The van der Waals surface area contributed by atoms with Crippen molar-refractivity contribution >= 4 is 40.3 Å². The summed E-state index contributed by atoms with van der Waals surface area (Å²) in [6.45, 7) is 4.67. The molecule has 3 aromatic carbocycles. The van der Waals surface area contributed by atoms with E-state index in [9.17, 15) is 24.3 Å². The lowest BCUT2D eigenvalue weighted by molar-refractivity contribution is -0.121. The van der Waals surface area contributed by atoms with Crippen LogP contribution in [0.15, 0.2) is 48.5 Å². The molecule has 44 heavy (non-hydrogen) atoms. The van der Waals surface area contributed by atoms with Gasteiger partial charge in [-0.25, -0.2) is 9.59 Å². The molecule has 0 spiro atoms. The minimum Gasteiger partial charge on any atom is -0.496 e. The van der Waals surface area contributed by atoms with Crippen LogP contribution in [0.5, 0.6) is 11.5 Å². The Labute approximate surface area is 255 Å². The van der Waals surface area contributed by atoms with Crippen LogP contribution in [0.25, 0.3) is 10.8 Å². The second-order valence-corrected chi connectivity index (χ2v) is 11.2. The highest BCUT2D eigenvalue weighted by atomic mass is 16.6. The Bertz CT molecular complexity index is 1580. The standard InChI is InChI=1S/C32H37N3O9/c1-32(2,3)44-31(40)33-24-18-43-27-22(28(37)34(4)14-15-36)8-7-9-25(27)35(29(24)38)17-23-21-12-10-20(30(39)42-6)16-19(21)11-13-26(23)41-5/h7-13,16,24,36H,14-15,17-18H2,1-6H3,(H,33,40)/t24-/m0/s1. The molecule has 1 aliphatic heterocycles. The van der Waals surface area contributed by atoms with Gasteiger partial charge in [0.2, 0.25) is 0 Å². The summed E-state index contributed by atoms with van der Waals surface area (Å²) in [6, 6.07) is 12.3. The smallest absolute Gasteiger partial charge is 0.408 e. The number of hydrogen-bond donors (Lipinski definition) is 2. The van der Waals surface area contributed by atoms with Gasteiger partial charge in [-0.3, -0.25) is 9.59 Å². The number of aliphatic hydroxyl groups is 1. The first-order chi connectivity index (χ1) is 20.9. The molecule has 4 rings (SSSR count). The summed E-state index contributed by atoms with van der Waals surface area (Å²) in [5.74, 6) is -0.781. The summed E-state index contributed by atoms with van der Waals surface area (Å²) in [4.78, 5) is 55.3. The highest BCUT2D eigenvalue weighted by molar-refractivity contribution is 6.05. The fourth-order valence-electron chi connectivity index (χ4n) is 4.91. The summed E-state index contributed by atoms with van der Waals surface area (Å²) in [5, 5.41) is 13.4. The van der Waals surface area contributed by atoms with Gasteiger partial charge in [-0.15, -0.1) is 0 Å². The van der Waals surface area contributed by atoms with E-state index in [1.54, 1.807) is 76.3 Å². The van der Waals surface area contributed by atoms with Crippen LogP contribution in [0, 0.1) is 0 Å². The number of hydrogen-bond acceptors (Lipinski definition) is 9. The number of likely N-dealkylation sites (N-methyl/N-ethyl adjacent to an activating group) is 1. The largest absolute Gasteiger partial charge is 0.496 e. The van der Waals surface area contributed by atoms with Gasteiger partial charge in [0.1, 0.15) is 24.0 Å². The van der Waals surface area contributed by atoms with Crippen LogP contribution in [0.3, 0.4) is 0 Å². The summed E-state index contributed by atoms with van der Waals surface area (Å²) in [6.07, 6.45) is -0.803. The molecular weight excluding hydrogens is 570 g/mol. The minimum atomic E-state index is -1.16. The van der Waals surface area contributed by atoms with E-state index in [4.69, 9.17) is 18.9 Å². The number of aliphatic hydroxyl groups excluding tert-OH is 1. The molecule has 0 aromatic heterocycles. The van der Waals surface area contributed by atoms with Crippen LogP contribution in [-0.2, 0) is 20.8 Å². The molecule has 0 bridgehead atoms. The highest BCUT2D eigenvalue weighted by Crippen LogP contribution is 2.39. The second-order valence-electron chi connectivity index (χ2n) is 11.2. The SMILES string of the molecule is COC(=O)c1ccc2c(CN3C(=O)[C@@H](NC(=O)OC(C)(C)C)COc4c(C(=O)N(C)CCO)cccc43)c(OC)ccc2c1. The van der Waals surface area contributed by atoms with Gasteiger partial charge in [0.25, 0.3) is 11.8 Å². The summed E-state index contributed by atoms with van der Waals surface area (Å²) in [7, 11) is 4.36. The Morgan fingerprint density at radius 3 is 2.52 bits per heavy atom. The lowest BCUT2D eigenvalue weighted by atomic mass is 10.00. The molecule has 12 heteroatoms. The monoisotopic (exact) mass is 607 g/mol. The van der Waals surface area contributed by atoms with Gasteiger partial charge in [-0.2, -0.15) is 0 Å². The van der Waals surface area contributed by atoms with Crippen molar-refractivity contribution < 1.29 is 43.2 Å². The molecule has 0 radical (unpaired) electrons. The number of alkyl carbamates (subject to hydrolysis) is 1. The van der Waals surface area contributed by atoms with Crippen molar-refractivity contribution in [2.24, 2.45) is 0 Å². The lowest BCUT2D eigenvalue weighted by Gasteiger charge is -2.27. The second kappa shape index (κ2) is 13.2. The van der Waals surface area contributed by atoms with Crippen LogP contribution in [0.4, 0.5) is 10.5 Å². The van der Waals surface area contributed by atoms with Crippen molar-refractivity contribution in [1.29, 1.82) is 0 Å². The van der Waals surface area contributed by atoms with Crippen molar-refractivity contribution in [2.45, 2.75) is 39.0 Å². The van der Waals surface area contributed by atoms with Crippen LogP contribution < -0.4 is 19.7 Å². The number of rotatable bonds is 8. The molecule has 234 valence electrons. The highest BCUT2D eigenvalue weighted by Gasteiger charge is 2.36. The fraction of sp³-hybridized carbons (Fsp3) is 0.375. The maximum atomic E-state index is 14.2. The van der Waals surface area contributed by atoms with Crippen molar-refractivity contribution in [1.82, 2.24) is 10.2 Å². The van der Waals surface area contributed by atoms with Crippen LogP contribution in [0.2, 0.25) is 0 Å². The van der Waals surface area contributed by atoms with E-state index in [2.05, 4.69) is 5.32 Å². The molecule has 1 aliphatic rings. The number of esters is 1. The molecule has 3 aromatic rings. The molecule has 3 amide bonds. The van der Waals surface area contributed by atoms with Gasteiger partial charge in [-0.05, 0) is 61.9 Å². The maximum absolute atomic E-state index is 14.2. The average Bonchev–Trinajstić information content (AvgIpc) is 3.11. The predicted octanol–water partition coefficient (Wildman–Crippen LogP) is 3.52. The van der Waals surface area contributed by atoms with Crippen molar-refractivity contribution in [2.75, 3.05) is 45.9 Å². The number of nitrogens with zero attached hydrogens (tertiary/aromatic N) is 2. The number of carbonyl (C=O) groups is 4. The van der Waals surface area contributed by atoms with Crippen molar-refractivity contribution in [3.63, 3.8) is 0 Å². The zero-order valence-electron chi connectivity index (χ0n) is 25.6. The summed E-state index contributed by atoms with van der Waals surface area (Å²) < 4.78 is 22.0. The van der Waals surface area contributed by atoms with E-state index < -0.39 is 35.5 Å². The molecule has 0 saturated carbocycles. The molecular formula is C32H37N3O9. The van der Waals surface area contributed by atoms with E-state index in [1.165, 1.54) is 24.0 Å². The number of ether oxygens (including phenoxy) is 4. The number of para-hydroxylation sites is 1. The number of fused-ring (bicyclic) bond motifs is 2. The van der Waals surface area contributed by atoms with Gasteiger partial charge >= 0.3 is 12.1 Å². The number of benzene rings is 3. The zero-order chi connectivity index (χ0) is 32.2. The zero-order valence-corrected chi connectivity index (χ0v) is 25.6. The topological polar surface area (TPSA) is 144 Å². The van der Waals surface area contributed by atoms with Gasteiger partial charge in [0.15, 0.2) is 5.75 Å². The van der Waals surface area contributed by atoms with Gasteiger partial charge in [-0.1, -0.05) is 18.2 Å². The first-order valence-electron chi connectivity index (χ1n) is 14.0. The molecule has 1 heterocycles. The van der Waals surface area contributed by atoms with Crippen molar-refractivity contribution in [3.8, 4) is 11.5 Å². The van der Waals surface area contributed by atoms with E-state index in [-0.39, 0.29) is 37.6 Å². The predicted molar refractivity (Wildman–Crippen MR) is 162 cm³/mol. The summed E-state index contributed by atoms with van der Waals surface area (Å²) >= 11 is 0. The lowest BCUT2D eigenvalue weighted by Crippen LogP contribution is -2.51. The average molecular weight is 608 g/mol. The Morgan fingerprint density at radius 1 is 1.11 bits per heavy atom. The molecule has 2 N–H and O–H groups in total. The van der Waals surface area contributed by atoms with Gasteiger partial charge < -0.3 is 39.2 Å². The first-order valence-corrected chi connectivity index (χ1v) is 14.0. The molecule has 0 aliphatic carbocycles. The number of amides is 3. The van der Waals surface area contributed by atoms with Gasteiger partial charge in [0, 0.05) is 19.2 Å². The number of carbonyl (C=O) groups excluding carboxylic acids is 4. The number of anilines is 1. The third-order valence-corrected chi connectivity index (χ3v) is 6.99. The quantitative estimate of drug-likeness (QED) is 0.368. The first kappa shape index (κ1) is 32.1. The third-order valence-electron chi connectivity index (χ3n) is 6.99. The third kappa shape index (κ3) is 6.86. The van der Waals surface area contributed by atoms with Crippen LogP contribution >= 0.6 is 0 Å². The van der Waals surface area contributed by atoms with Crippen molar-refractivity contribution in [3.05, 3.63) is 65.2 Å². The Hall–Kier alpha value is -4.84. The fourth-order valence-corrected chi connectivity index (χ4v) is 4.91. The van der Waals surface area contributed by atoms with Gasteiger partial charge in [0.05, 0.1) is 44.2 Å². The normalized spacial score (nSPS) is 14.7. The summed E-state index contributed by atoms with van der Waals surface area (Å²) in [5.41, 5.74) is 0.654. The number of nitrogens with one attached hydrogen (secondary N) is 1. The molecule has 0 unspecified atom stereocenters. The molecule has 12 nitrogen and oxygen atoms in total. The van der Waals surface area contributed by atoms with E-state index in [0.717, 1.165) is 0 Å². The van der Waals surface area contributed by atoms with E-state index >= 15 is 0 Å².